The van der Waals surface area contributed by atoms with Crippen molar-refractivity contribution in [3.8, 4) is 0 Å². The lowest BCUT2D eigenvalue weighted by atomic mass is 10.0. The Balaban J connectivity index is 1.64. The van der Waals surface area contributed by atoms with E-state index in [4.69, 9.17) is 5.73 Å². The summed E-state index contributed by atoms with van der Waals surface area (Å²) >= 11 is 0. The van der Waals surface area contributed by atoms with Crippen LogP contribution in [0.4, 0.5) is 4.79 Å². The average molecular weight is 502 g/mol. The molecule has 0 saturated carbocycles. The van der Waals surface area contributed by atoms with Gasteiger partial charge >= 0.3 is 6.09 Å². The Labute approximate surface area is 204 Å². The summed E-state index contributed by atoms with van der Waals surface area (Å²) in [6.07, 6.45) is 0.750. The Morgan fingerprint density at radius 3 is 2.54 bits per heavy atom. The lowest BCUT2D eigenvalue weighted by Crippen LogP contribution is -2.50. The highest BCUT2D eigenvalue weighted by Gasteiger charge is 2.39. The molecule has 2 heterocycles. The third-order valence-corrected chi connectivity index (χ3v) is 8.65. The summed E-state index contributed by atoms with van der Waals surface area (Å²) in [5.41, 5.74) is 8.94. The molecule has 0 aliphatic heterocycles. The predicted molar refractivity (Wildman–Crippen MR) is 132 cm³/mol. The molecule has 3 rings (SSSR count). The number of amides is 2. The summed E-state index contributed by atoms with van der Waals surface area (Å²) in [7, 11) is -3.67. The zero-order valence-electron chi connectivity index (χ0n) is 20.1. The van der Waals surface area contributed by atoms with Gasteiger partial charge in [0.25, 0.3) is 0 Å². The second-order valence-electron chi connectivity index (χ2n) is 9.16. The fraction of sp³-hybridized carbons (Fsp3) is 0.417. The maximum Gasteiger partial charge on any atom is 0.414 e. The number of nitrogens with one attached hydrogen (secondary N) is 1. The van der Waals surface area contributed by atoms with Crippen LogP contribution in [0.5, 0.6) is 0 Å². The van der Waals surface area contributed by atoms with Crippen molar-refractivity contribution in [2.24, 2.45) is 5.73 Å². The molecule has 0 radical (unpaired) electrons. The van der Waals surface area contributed by atoms with Gasteiger partial charge in [0.1, 0.15) is 11.3 Å². The molecule has 2 aromatic heterocycles. The van der Waals surface area contributed by atoms with Gasteiger partial charge in [-0.3, -0.25) is 9.78 Å². The van der Waals surface area contributed by atoms with Crippen molar-refractivity contribution in [1.82, 2.24) is 19.9 Å². The number of nitrogens with two attached hydrogens (primary N) is 1. The van der Waals surface area contributed by atoms with E-state index in [1.54, 1.807) is 36.5 Å². The molecule has 1 aromatic carbocycles. The van der Waals surface area contributed by atoms with Crippen molar-refractivity contribution in [2.45, 2.75) is 57.4 Å². The van der Waals surface area contributed by atoms with E-state index >= 15 is 0 Å². The minimum absolute atomic E-state index is 0.130. The van der Waals surface area contributed by atoms with Gasteiger partial charge in [-0.05, 0) is 51.7 Å². The van der Waals surface area contributed by atoms with Crippen LogP contribution in [0.15, 0.2) is 42.6 Å². The summed E-state index contributed by atoms with van der Waals surface area (Å²) in [4.78, 5) is 37.0. The zero-order valence-corrected chi connectivity index (χ0v) is 20.9. The number of rotatable bonds is 10. The normalized spacial score (nSPS) is 13.0. The quantitative estimate of drug-likeness (QED) is 0.382. The van der Waals surface area contributed by atoms with E-state index in [9.17, 15) is 23.1 Å². The van der Waals surface area contributed by atoms with Crippen molar-refractivity contribution in [2.75, 3.05) is 5.75 Å². The number of aromatic nitrogens is 3. The monoisotopic (exact) mass is 501 g/mol. The van der Waals surface area contributed by atoms with Crippen LogP contribution in [0.25, 0.3) is 11.0 Å². The molecular formula is C24H31N5O5S. The molecule has 4 N–H and O–H groups in total. The molecule has 11 heteroatoms. The second kappa shape index (κ2) is 10.5. The number of hydrogen-bond donors (Lipinski definition) is 3. The van der Waals surface area contributed by atoms with Crippen LogP contribution in [0.3, 0.4) is 0 Å². The number of imide groups is 1. The van der Waals surface area contributed by atoms with Crippen LogP contribution in [0.1, 0.15) is 43.8 Å². The van der Waals surface area contributed by atoms with E-state index in [0.717, 1.165) is 16.9 Å². The standard InChI is InChI=1S/C24H31N5O5S/c1-16-27-20-11-12-26-19(21(20)28-16)10-7-13-35(33,34)24(2,3)14-18(25)22(30)29(23(31)32)15-17-8-5-4-6-9-17/h4-6,8-9,11-12,18H,7,10,13-15,25H2,1-3H3,(H,27,28)(H,31,32)/t18-/m0/s1. The van der Waals surface area contributed by atoms with Gasteiger partial charge in [0.15, 0.2) is 9.84 Å². The zero-order chi connectivity index (χ0) is 25.8. The molecule has 0 spiro atoms. The number of carbonyl (C=O) groups excluding carboxylic acids is 1. The molecule has 1 atom stereocenters. The number of aryl methyl sites for hydroxylation is 2. The molecule has 0 aliphatic rings. The molecule has 0 fully saturated rings. The smallest absolute Gasteiger partial charge is 0.414 e. The Morgan fingerprint density at radius 2 is 1.89 bits per heavy atom. The van der Waals surface area contributed by atoms with E-state index < -0.39 is 32.6 Å². The van der Waals surface area contributed by atoms with E-state index in [1.165, 1.54) is 13.8 Å². The molecule has 188 valence electrons. The number of aromatic amines is 1. The first-order chi connectivity index (χ1) is 16.4. The number of hydrogen-bond acceptors (Lipinski definition) is 7. The van der Waals surface area contributed by atoms with Gasteiger partial charge in [-0.25, -0.2) is 23.1 Å². The van der Waals surface area contributed by atoms with Crippen molar-refractivity contribution < 1.29 is 23.1 Å². The van der Waals surface area contributed by atoms with Crippen LogP contribution in [0.2, 0.25) is 0 Å². The number of imidazole rings is 1. The molecule has 0 bridgehead atoms. The summed E-state index contributed by atoms with van der Waals surface area (Å²) in [5.74, 6) is -0.214. The van der Waals surface area contributed by atoms with Crippen molar-refractivity contribution >= 4 is 32.9 Å². The topological polar surface area (TPSA) is 159 Å². The first-order valence-electron chi connectivity index (χ1n) is 11.3. The molecule has 3 aromatic rings. The molecule has 10 nitrogen and oxygen atoms in total. The number of sulfone groups is 1. The minimum atomic E-state index is -3.67. The molecular weight excluding hydrogens is 470 g/mol. The molecule has 2 amide bonds. The number of carbonyl (C=O) groups is 2. The van der Waals surface area contributed by atoms with Crippen molar-refractivity contribution in [3.05, 3.63) is 59.7 Å². The number of benzene rings is 1. The molecule has 0 unspecified atom stereocenters. The summed E-state index contributed by atoms with van der Waals surface area (Å²) < 4.78 is 24.9. The van der Waals surface area contributed by atoms with Crippen LogP contribution >= 0.6 is 0 Å². The number of H-pyrrole nitrogens is 1. The Kier molecular flexibility index (Phi) is 7.91. The lowest BCUT2D eigenvalue weighted by Gasteiger charge is -2.29. The highest BCUT2D eigenvalue weighted by Crippen LogP contribution is 2.25. The largest absolute Gasteiger partial charge is 0.465 e. The van der Waals surface area contributed by atoms with Crippen LogP contribution in [-0.2, 0) is 27.6 Å². The van der Waals surface area contributed by atoms with Gasteiger partial charge in [0.2, 0.25) is 5.91 Å². The van der Waals surface area contributed by atoms with E-state index in [1.807, 2.05) is 13.0 Å². The Bertz CT molecular complexity index is 1300. The van der Waals surface area contributed by atoms with E-state index in [0.29, 0.717) is 29.0 Å². The van der Waals surface area contributed by atoms with Gasteiger partial charge in [-0.1, -0.05) is 30.3 Å². The van der Waals surface area contributed by atoms with Gasteiger partial charge in [0, 0.05) is 6.20 Å². The Hall–Kier alpha value is -3.31. The second-order valence-corrected chi connectivity index (χ2v) is 11.9. The van der Waals surface area contributed by atoms with Gasteiger partial charge < -0.3 is 15.8 Å². The minimum Gasteiger partial charge on any atom is -0.465 e. The third-order valence-electron chi connectivity index (χ3n) is 5.97. The van der Waals surface area contributed by atoms with Gasteiger partial charge in [-0.2, -0.15) is 0 Å². The summed E-state index contributed by atoms with van der Waals surface area (Å²) in [6.45, 7) is 4.69. The molecule has 0 saturated heterocycles. The van der Waals surface area contributed by atoms with Gasteiger partial charge in [-0.15, -0.1) is 0 Å². The highest BCUT2D eigenvalue weighted by molar-refractivity contribution is 7.92. The fourth-order valence-electron chi connectivity index (χ4n) is 3.95. The highest BCUT2D eigenvalue weighted by atomic mass is 32.2. The third kappa shape index (κ3) is 6.23. The summed E-state index contributed by atoms with van der Waals surface area (Å²) in [5, 5.41) is 9.53. The van der Waals surface area contributed by atoms with Gasteiger partial charge in [0.05, 0.1) is 34.3 Å². The SMILES string of the molecule is Cc1nc2c(CCCS(=O)(=O)C(C)(C)C[C@H](N)C(=O)N(Cc3ccccc3)C(=O)O)nccc2[nH]1. The van der Waals surface area contributed by atoms with Crippen LogP contribution < -0.4 is 5.73 Å². The lowest BCUT2D eigenvalue weighted by molar-refractivity contribution is -0.131. The predicted octanol–water partition coefficient (Wildman–Crippen LogP) is 2.82. The van der Waals surface area contributed by atoms with Crippen molar-refractivity contribution in [3.63, 3.8) is 0 Å². The number of fused-ring (bicyclic) bond motifs is 1. The molecule has 35 heavy (non-hydrogen) atoms. The van der Waals surface area contributed by atoms with Crippen LogP contribution in [0, 0.1) is 6.92 Å². The van der Waals surface area contributed by atoms with E-state index in [2.05, 4.69) is 15.0 Å². The van der Waals surface area contributed by atoms with Crippen molar-refractivity contribution in [1.29, 1.82) is 0 Å². The van der Waals surface area contributed by atoms with Crippen LogP contribution in [-0.4, -0.2) is 61.9 Å². The fourth-order valence-corrected chi connectivity index (χ4v) is 5.46. The first kappa shape index (κ1) is 26.3. The summed E-state index contributed by atoms with van der Waals surface area (Å²) in [6, 6.07) is 9.17. The number of carboxylic acid groups (broad SMARTS) is 1. The molecule has 0 aliphatic carbocycles. The number of nitrogens with zero attached hydrogens (tertiary/aromatic N) is 3. The number of pyridine rings is 1. The maximum absolute atomic E-state index is 13.1. The first-order valence-corrected chi connectivity index (χ1v) is 12.9. The van der Waals surface area contributed by atoms with E-state index in [-0.39, 0.29) is 18.7 Å². The maximum atomic E-state index is 13.1. The Morgan fingerprint density at radius 1 is 1.20 bits per heavy atom. The average Bonchev–Trinajstić information content (AvgIpc) is 3.18.